The first-order valence-corrected chi connectivity index (χ1v) is 6.82. The lowest BCUT2D eigenvalue weighted by Gasteiger charge is -2.35. The first-order valence-electron chi connectivity index (χ1n) is 5.88. The number of thiophene rings is 1. The highest BCUT2D eigenvalue weighted by Gasteiger charge is 2.24. The highest BCUT2D eigenvalue weighted by molar-refractivity contribution is 7.07. The molecule has 0 spiro atoms. The average molecular weight is 240 g/mol. The van der Waals surface area contributed by atoms with Crippen LogP contribution in [0, 0.1) is 5.92 Å². The molecule has 1 aromatic heterocycles. The highest BCUT2D eigenvalue weighted by atomic mass is 32.1. The zero-order chi connectivity index (χ0) is 11.4. The summed E-state index contributed by atoms with van der Waals surface area (Å²) in [5.74, 6) is 0.643. The molecule has 1 aliphatic heterocycles. The number of β-amino-alcohol motifs (C(OH)–C–C–N with tert-alkyl or cyclic N) is 1. The Morgan fingerprint density at radius 1 is 1.50 bits per heavy atom. The molecule has 0 radical (unpaired) electrons. The molecular formula is C12H20N2OS. The van der Waals surface area contributed by atoms with Crippen molar-refractivity contribution in [1.29, 1.82) is 0 Å². The van der Waals surface area contributed by atoms with Crippen molar-refractivity contribution < 1.29 is 5.11 Å². The van der Waals surface area contributed by atoms with Gasteiger partial charge in [0.15, 0.2) is 0 Å². The number of nitrogens with two attached hydrogens (primary N) is 1. The molecule has 2 heterocycles. The average Bonchev–Trinajstić information content (AvgIpc) is 2.70. The van der Waals surface area contributed by atoms with Crippen LogP contribution in [0.5, 0.6) is 0 Å². The minimum atomic E-state index is 0.234. The second-order valence-electron chi connectivity index (χ2n) is 4.68. The summed E-state index contributed by atoms with van der Waals surface area (Å²) in [6.45, 7) is 3.00. The van der Waals surface area contributed by atoms with Crippen LogP contribution in [0.4, 0.5) is 0 Å². The summed E-state index contributed by atoms with van der Waals surface area (Å²) in [5.41, 5.74) is 7.48. The van der Waals surface area contributed by atoms with Crippen molar-refractivity contribution >= 4 is 11.3 Å². The Labute approximate surface area is 101 Å². The Balaban J connectivity index is 1.89. The van der Waals surface area contributed by atoms with Crippen molar-refractivity contribution in [2.45, 2.75) is 18.9 Å². The molecule has 0 aromatic carbocycles. The van der Waals surface area contributed by atoms with Gasteiger partial charge in [0.25, 0.3) is 0 Å². The standard InChI is InChI=1S/C12H20N2OS/c13-12-6-11(5-10-1-4-16-9-10)7-14(8-12)2-3-15/h1,4,9,11-12,15H,2-3,5-8,13H2. The smallest absolute Gasteiger partial charge is 0.0558 e. The molecule has 16 heavy (non-hydrogen) atoms. The van der Waals surface area contributed by atoms with Crippen LogP contribution in [0.15, 0.2) is 16.8 Å². The van der Waals surface area contributed by atoms with E-state index in [0.29, 0.717) is 5.92 Å². The summed E-state index contributed by atoms with van der Waals surface area (Å²) in [5, 5.41) is 13.3. The van der Waals surface area contributed by atoms with E-state index < -0.39 is 0 Å². The molecule has 2 unspecified atom stereocenters. The van der Waals surface area contributed by atoms with Crippen LogP contribution in [0.25, 0.3) is 0 Å². The van der Waals surface area contributed by atoms with Crippen LogP contribution >= 0.6 is 11.3 Å². The maximum atomic E-state index is 8.97. The minimum Gasteiger partial charge on any atom is -0.395 e. The van der Waals surface area contributed by atoms with E-state index in [0.717, 1.165) is 32.5 Å². The summed E-state index contributed by atoms with van der Waals surface area (Å²) >= 11 is 1.76. The second-order valence-corrected chi connectivity index (χ2v) is 5.46. The van der Waals surface area contributed by atoms with Crippen LogP contribution in [0.2, 0.25) is 0 Å². The van der Waals surface area contributed by atoms with E-state index >= 15 is 0 Å². The molecule has 4 heteroatoms. The van der Waals surface area contributed by atoms with Crippen LogP contribution in [0.3, 0.4) is 0 Å². The Kier molecular flexibility index (Phi) is 4.35. The number of rotatable bonds is 4. The molecule has 1 aromatic rings. The Morgan fingerprint density at radius 3 is 3.06 bits per heavy atom. The fraction of sp³-hybridized carbons (Fsp3) is 0.667. The van der Waals surface area contributed by atoms with Crippen LogP contribution in [0.1, 0.15) is 12.0 Å². The van der Waals surface area contributed by atoms with Gasteiger partial charge in [0.2, 0.25) is 0 Å². The van der Waals surface area contributed by atoms with Gasteiger partial charge in [0, 0.05) is 25.7 Å². The zero-order valence-electron chi connectivity index (χ0n) is 9.51. The number of piperidine rings is 1. The molecule has 1 fully saturated rings. The monoisotopic (exact) mass is 240 g/mol. The van der Waals surface area contributed by atoms with Crippen LogP contribution in [-0.4, -0.2) is 42.3 Å². The van der Waals surface area contributed by atoms with E-state index in [1.165, 1.54) is 5.56 Å². The molecular weight excluding hydrogens is 220 g/mol. The molecule has 3 nitrogen and oxygen atoms in total. The molecule has 1 saturated heterocycles. The van der Waals surface area contributed by atoms with Crippen LogP contribution in [-0.2, 0) is 6.42 Å². The van der Waals surface area contributed by atoms with Gasteiger partial charge in [-0.1, -0.05) is 0 Å². The molecule has 90 valence electrons. The van der Waals surface area contributed by atoms with Gasteiger partial charge in [-0.05, 0) is 41.1 Å². The largest absolute Gasteiger partial charge is 0.395 e. The third-order valence-electron chi connectivity index (χ3n) is 3.17. The number of aliphatic hydroxyl groups excluding tert-OH is 1. The Bertz CT molecular complexity index is 302. The van der Waals surface area contributed by atoms with Crippen molar-refractivity contribution in [3.63, 3.8) is 0 Å². The Morgan fingerprint density at radius 2 is 2.38 bits per heavy atom. The van der Waals surface area contributed by atoms with E-state index in [2.05, 4.69) is 21.7 Å². The third kappa shape index (κ3) is 3.28. The SMILES string of the molecule is NC1CC(Cc2ccsc2)CN(CCO)C1. The lowest BCUT2D eigenvalue weighted by atomic mass is 9.90. The first-order chi connectivity index (χ1) is 7.78. The summed E-state index contributed by atoms with van der Waals surface area (Å²) < 4.78 is 0. The molecule has 0 amide bonds. The maximum Gasteiger partial charge on any atom is 0.0558 e. The highest BCUT2D eigenvalue weighted by Crippen LogP contribution is 2.21. The van der Waals surface area contributed by atoms with Crippen molar-refractivity contribution in [3.8, 4) is 0 Å². The van der Waals surface area contributed by atoms with Crippen molar-refractivity contribution in [3.05, 3.63) is 22.4 Å². The predicted molar refractivity (Wildman–Crippen MR) is 67.6 cm³/mol. The van der Waals surface area contributed by atoms with Gasteiger partial charge < -0.3 is 10.8 Å². The number of hydrogen-bond donors (Lipinski definition) is 2. The topological polar surface area (TPSA) is 49.5 Å². The third-order valence-corrected chi connectivity index (χ3v) is 3.90. The fourth-order valence-corrected chi connectivity index (χ4v) is 3.24. The molecule has 3 N–H and O–H groups in total. The predicted octanol–water partition coefficient (Wildman–Crippen LogP) is 0.932. The van der Waals surface area contributed by atoms with Crippen LogP contribution < -0.4 is 5.73 Å². The summed E-state index contributed by atoms with van der Waals surface area (Å²) in [6.07, 6.45) is 2.23. The minimum absolute atomic E-state index is 0.234. The van der Waals surface area contributed by atoms with Gasteiger partial charge in [0.1, 0.15) is 0 Å². The molecule has 2 rings (SSSR count). The molecule has 0 saturated carbocycles. The van der Waals surface area contributed by atoms with E-state index in [1.807, 2.05) is 0 Å². The summed E-state index contributed by atoms with van der Waals surface area (Å²) in [7, 11) is 0. The normalized spacial score (nSPS) is 27.1. The van der Waals surface area contributed by atoms with E-state index in [9.17, 15) is 0 Å². The second kappa shape index (κ2) is 5.77. The van der Waals surface area contributed by atoms with Gasteiger partial charge >= 0.3 is 0 Å². The summed E-state index contributed by atoms with van der Waals surface area (Å²) in [4.78, 5) is 2.28. The van der Waals surface area contributed by atoms with E-state index in [4.69, 9.17) is 10.8 Å². The van der Waals surface area contributed by atoms with E-state index in [-0.39, 0.29) is 12.6 Å². The van der Waals surface area contributed by atoms with Gasteiger partial charge in [-0.25, -0.2) is 0 Å². The van der Waals surface area contributed by atoms with Gasteiger partial charge in [-0.3, -0.25) is 4.90 Å². The quantitative estimate of drug-likeness (QED) is 0.823. The van der Waals surface area contributed by atoms with Gasteiger partial charge in [0.05, 0.1) is 6.61 Å². The summed E-state index contributed by atoms with van der Waals surface area (Å²) in [6, 6.07) is 2.46. The van der Waals surface area contributed by atoms with Crippen molar-refractivity contribution in [1.82, 2.24) is 4.90 Å². The van der Waals surface area contributed by atoms with Crippen molar-refractivity contribution in [2.24, 2.45) is 11.7 Å². The number of nitrogens with zero attached hydrogens (tertiary/aromatic N) is 1. The zero-order valence-corrected chi connectivity index (χ0v) is 10.3. The molecule has 0 aliphatic carbocycles. The molecule has 0 bridgehead atoms. The van der Waals surface area contributed by atoms with E-state index in [1.54, 1.807) is 11.3 Å². The van der Waals surface area contributed by atoms with Gasteiger partial charge in [-0.2, -0.15) is 11.3 Å². The number of likely N-dealkylation sites (tertiary alicyclic amines) is 1. The number of hydrogen-bond acceptors (Lipinski definition) is 4. The number of aliphatic hydroxyl groups is 1. The Hall–Kier alpha value is -0.420. The molecule has 2 atom stereocenters. The fourth-order valence-electron chi connectivity index (χ4n) is 2.56. The molecule has 1 aliphatic rings. The first kappa shape index (κ1) is 12.0. The lowest BCUT2D eigenvalue weighted by Crippen LogP contribution is -2.48. The lowest BCUT2D eigenvalue weighted by molar-refractivity contribution is 0.127. The van der Waals surface area contributed by atoms with Crippen molar-refractivity contribution in [2.75, 3.05) is 26.2 Å². The van der Waals surface area contributed by atoms with Gasteiger partial charge in [-0.15, -0.1) is 0 Å². The maximum absolute atomic E-state index is 8.97.